The molecule has 0 amide bonds. The van der Waals surface area contributed by atoms with Crippen LogP contribution in [0.3, 0.4) is 0 Å². The van der Waals surface area contributed by atoms with Gasteiger partial charge in [0.25, 0.3) is 0 Å². The lowest BCUT2D eigenvalue weighted by Crippen LogP contribution is -2.20. The second kappa shape index (κ2) is 22.0. The first-order valence-electron chi connectivity index (χ1n) is 13.8. The van der Waals surface area contributed by atoms with Crippen LogP contribution in [0.5, 0.6) is 0 Å². The van der Waals surface area contributed by atoms with Crippen LogP contribution >= 0.6 is 0 Å². The van der Waals surface area contributed by atoms with Gasteiger partial charge in [-0.1, -0.05) is 13.2 Å². The van der Waals surface area contributed by atoms with E-state index in [1.807, 2.05) is 0 Å². The SMILES string of the molecule is C=C(C)C(=O)OCCOCCOCCOC(=O)c1cc(C(=O)O)c(C(=O)OCCOCCOCCOC(=O)C(=C)C)cc1C(=O)O. The van der Waals surface area contributed by atoms with E-state index in [1.54, 1.807) is 0 Å². The van der Waals surface area contributed by atoms with E-state index < -0.39 is 58.1 Å². The zero-order valence-corrected chi connectivity index (χ0v) is 25.7. The summed E-state index contributed by atoms with van der Waals surface area (Å²) in [5, 5.41) is 19.2. The first-order chi connectivity index (χ1) is 21.9. The maximum Gasteiger partial charge on any atom is 0.339 e. The van der Waals surface area contributed by atoms with Crippen LogP contribution in [0.4, 0.5) is 0 Å². The molecule has 1 rings (SSSR count). The lowest BCUT2D eigenvalue weighted by Gasteiger charge is -2.13. The molecule has 16 heteroatoms. The molecule has 0 aliphatic heterocycles. The van der Waals surface area contributed by atoms with Gasteiger partial charge in [0.1, 0.15) is 26.4 Å². The number of rotatable bonds is 24. The van der Waals surface area contributed by atoms with E-state index in [1.165, 1.54) is 13.8 Å². The lowest BCUT2D eigenvalue weighted by molar-refractivity contribution is -0.141. The Morgan fingerprint density at radius 1 is 0.478 bits per heavy atom. The molecule has 1 aromatic rings. The largest absolute Gasteiger partial charge is 0.478 e. The predicted octanol–water partition coefficient (Wildman–Crippen LogP) is 1.70. The summed E-state index contributed by atoms with van der Waals surface area (Å²) in [5.41, 5.74) is -2.00. The zero-order valence-electron chi connectivity index (χ0n) is 25.7. The average molecular weight is 655 g/mol. The number of carbonyl (C=O) groups excluding carboxylic acids is 4. The lowest BCUT2D eigenvalue weighted by atomic mass is 9.98. The van der Waals surface area contributed by atoms with Gasteiger partial charge in [-0.05, 0) is 26.0 Å². The monoisotopic (exact) mass is 654 g/mol. The normalized spacial score (nSPS) is 10.5. The number of esters is 4. The Labute approximate surface area is 264 Å². The van der Waals surface area contributed by atoms with Gasteiger partial charge in [-0.3, -0.25) is 0 Å². The molecule has 0 bridgehead atoms. The molecule has 0 unspecified atom stereocenters. The first-order valence-corrected chi connectivity index (χ1v) is 13.8. The molecule has 0 saturated heterocycles. The first kappa shape index (κ1) is 39.4. The molecule has 0 fully saturated rings. The number of hydrogen-bond donors (Lipinski definition) is 2. The Balaban J connectivity index is 2.52. The Hall–Kier alpha value is -4.64. The highest BCUT2D eigenvalue weighted by Crippen LogP contribution is 2.20. The van der Waals surface area contributed by atoms with Crippen LogP contribution < -0.4 is 0 Å². The molecule has 0 spiro atoms. The van der Waals surface area contributed by atoms with Gasteiger partial charge in [-0.2, -0.15) is 0 Å². The van der Waals surface area contributed by atoms with Gasteiger partial charge < -0.3 is 48.1 Å². The third kappa shape index (κ3) is 15.4. The second-order valence-corrected chi connectivity index (χ2v) is 9.11. The molecule has 0 heterocycles. The van der Waals surface area contributed by atoms with Gasteiger partial charge in [-0.25, -0.2) is 28.8 Å². The molecule has 254 valence electrons. The van der Waals surface area contributed by atoms with Crippen molar-refractivity contribution in [2.75, 3.05) is 79.3 Å². The molecule has 0 aromatic heterocycles. The van der Waals surface area contributed by atoms with Crippen molar-refractivity contribution in [3.8, 4) is 0 Å². The molecule has 0 aliphatic rings. The highest BCUT2D eigenvalue weighted by atomic mass is 16.6. The van der Waals surface area contributed by atoms with Crippen LogP contribution in [0.2, 0.25) is 0 Å². The molecular weight excluding hydrogens is 616 g/mol. The van der Waals surface area contributed by atoms with Gasteiger partial charge >= 0.3 is 35.8 Å². The molecule has 1 aromatic carbocycles. The molecule has 16 nitrogen and oxygen atoms in total. The topological polar surface area (TPSA) is 217 Å². The molecular formula is C30H38O16. The van der Waals surface area contributed by atoms with Crippen molar-refractivity contribution >= 4 is 35.8 Å². The molecule has 2 N–H and O–H groups in total. The fourth-order valence-electron chi connectivity index (χ4n) is 3.11. The Bertz CT molecular complexity index is 1160. The van der Waals surface area contributed by atoms with Crippen LogP contribution in [0, 0.1) is 0 Å². The van der Waals surface area contributed by atoms with E-state index in [2.05, 4.69) is 13.2 Å². The smallest absolute Gasteiger partial charge is 0.339 e. The Morgan fingerprint density at radius 2 is 0.739 bits per heavy atom. The van der Waals surface area contributed by atoms with Crippen molar-refractivity contribution in [3.05, 3.63) is 58.7 Å². The van der Waals surface area contributed by atoms with E-state index in [-0.39, 0.29) is 90.4 Å². The number of carboxylic acids is 2. The van der Waals surface area contributed by atoms with Gasteiger partial charge in [0.2, 0.25) is 0 Å². The zero-order chi connectivity index (χ0) is 34.5. The van der Waals surface area contributed by atoms with Gasteiger partial charge in [0.15, 0.2) is 0 Å². The van der Waals surface area contributed by atoms with Crippen LogP contribution in [-0.2, 0) is 47.5 Å². The summed E-state index contributed by atoms with van der Waals surface area (Å²) in [6, 6.07) is 1.45. The standard InChI is InChI=1S/C30H38O16/c1-19(2)27(35)43-13-9-39-5-7-41-11-15-45-29(37)23-17-22(26(33)34)24(18-21(23)25(31)32)30(38)46-16-12-42-8-6-40-10-14-44-28(36)20(3)4/h17-18H,1,3,5-16H2,2,4H3,(H,31,32)(H,33,34). The van der Waals surface area contributed by atoms with Crippen molar-refractivity contribution < 1.29 is 76.9 Å². The predicted molar refractivity (Wildman–Crippen MR) is 156 cm³/mol. The minimum absolute atomic E-state index is 0.0361. The number of carbonyl (C=O) groups is 6. The summed E-state index contributed by atoms with van der Waals surface area (Å²) < 4.78 is 40.6. The van der Waals surface area contributed by atoms with Crippen molar-refractivity contribution in [3.63, 3.8) is 0 Å². The van der Waals surface area contributed by atoms with Crippen molar-refractivity contribution in [2.24, 2.45) is 0 Å². The Morgan fingerprint density at radius 3 is 1.00 bits per heavy atom. The van der Waals surface area contributed by atoms with E-state index in [4.69, 9.17) is 37.9 Å². The van der Waals surface area contributed by atoms with Crippen LogP contribution in [0.1, 0.15) is 55.3 Å². The maximum absolute atomic E-state index is 12.6. The number of carboxylic acid groups (broad SMARTS) is 2. The summed E-state index contributed by atoms with van der Waals surface area (Å²) in [6.07, 6.45) is 0. The Kier molecular flexibility index (Phi) is 18.8. The molecule has 46 heavy (non-hydrogen) atoms. The summed E-state index contributed by atoms with van der Waals surface area (Å²) >= 11 is 0. The van der Waals surface area contributed by atoms with Crippen LogP contribution in [-0.4, -0.2) is 125 Å². The molecule has 0 saturated carbocycles. The minimum Gasteiger partial charge on any atom is -0.478 e. The third-order valence-corrected chi connectivity index (χ3v) is 5.34. The summed E-state index contributed by atoms with van der Waals surface area (Å²) in [5.74, 6) is -6.59. The second-order valence-electron chi connectivity index (χ2n) is 9.11. The number of benzene rings is 1. The molecule has 0 atom stereocenters. The maximum atomic E-state index is 12.6. The van der Waals surface area contributed by atoms with Crippen LogP contribution in [0.15, 0.2) is 36.4 Å². The van der Waals surface area contributed by atoms with Gasteiger partial charge in [0, 0.05) is 11.1 Å². The number of hydrogen-bond acceptors (Lipinski definition) is 14. The highest BCUT2D eigenvalue weighted by Gasteiger charge is 2.27. The average Bonchev–Trinajstić information content (AvgIpc) is 3.01. The van der Waals surface area contributed by atoms with E-state index in [0.717, 1.165) is 12.1 Å². The quantitative estimate of drug-likeness (QED) is 0.0701. The number of ether oxygens (including phenoxy) is 8. The summed E-state index contributed by atoms with van der Waals surface area (Å²) in [4.78, 5) is 71.3. The minimum atomic E-state index is -1.61. The summed E-state index contributed by atoms with van der Waals surface area (Å²) in [7, 11) is 0. The van der Waals surface area contributed by atoms with Crippen molar-refractivity contribution in [2.45, 2.75) is 13.8 Å². The van der Waals surface area contributed by atoms with Gasteiger partial charge in [-0.15, -0.1) is 0 Å². The summed E-state index contributed by atoms with van der Waals surface area (Å²) in [6.45, 7) is 10.0. The van der Waals surface area contributed by atoms with E-state index in [0.29, 0.717) is 0 Å². The fraction of sp³-hybridized carbons (Fsp3) is 0.467. The highest BCUT2D eigenvalue weighted by molar-refractivity contribution is 6.09. The third-order valence-electron chi connectivity index (χ3n) is 5.34. The fourth-order valence-corrected chi connectivity index (χ4v) is 3.11. The van der Waals surface area contributed by atoms with E-state index in [9.17, 15) is 39.0 Å². The van der Waals surface area contributed by atoms with Crippen molar-refractivity contribution in [1.29, 1.82) is 0 Å². The molecule has 0 aliphatic carbocycles. The molecule has 0 radical (unpaired) electrons. The van der Waals surface area contributed by atoms with Crippen LogP contribution in [0.25, 0.3) is 0 Å². The number of aromatic carboxylic acids is 2. The van der Waals surface area contributed by atoms with E-state index >= 15 is 0 Å². The van der Waals surface area contributed by atoms with Crippen molar-refractivity contribution in [1.82, 2.24) is 0 Å². The van der Waals surface area contributed by atoms with Gasteiger partial charge in [0.05, 0.1) is 75.1 Å².